The highest BCUT2D eigenvalue weighted by Crippen LogP contribution is 2.04. The number of hydrogen-bond donors (Lipinski definition) is 0. The molecule has 1 aromatic rings. The van der Waals surface area contributed by atoms with E-state index in [1.165, 1.54) is 5.56 Å². The molecule has 1 aromatic heterocycles. The van der Waals surface area contributed by atoms with E-state index in [-0.39, 0.29) is 0 Å². The van der Waals surface area contributed by atoms with E-state index >= 15 is 0 Å². The maximum atomic E-state index is 4.22. The van der Waals surface area contributed by atoms with Crippen LogP contribution in [0, 0.1) is 6.92 Å². The third-order valence-corrected chi connectivity index (χ3v) is 1.45. The van der Waals surface area contributed by atoms with Gasteiger partial charge in [-0.1, -0.05) is 12.2 Å². The maximum absolute atomic E-state index is 4.22. The first-order chi connectivity index (χ1) is 5.18. The summed E-state index contributed by atoms with van der Waals surface area (Å²) in [4.78, 5) is 4.22. The summed E-state index contributed by atoms with van der Waals surface area (Å²) in [5.41, 5.74) is 3.52. The summed E-state index contributed by atoms with van der Waals surface area (Å²) in [6, 6.07) is 4.09. The van der Waals surface area contributed by atoms with Crippen LogP contribution in [-0.2, 0) is 6.42 Å². The summed E-state index contributed by atoms with van der Waals surface area (Å²) in [6.45, 7) is 7.93. The largest absolute Gasteiger partial charge is 0.261 e. The van der Waals surface area contributed by atoms with Crippen LogP contribution in [0.2, 0.25) is 0 Å². The zero-order valence-corrected chi connectivity index (χ0v) is 7.09. The van der Waals surface area contributed by atoms with E-state index in [1.54, 1.807) is 0 Å². The number of pyridine rings is 1. The Morgan fingerprint density at radius 3 is 2.91 bits per heavy atom. The van der Waals surface area contributed by atoms with E-state index in [2.05, 4.69) is 24.6 Å². The second-order valence-electron chi connectivity index (χ2n) is 2.96. The normalized spacial score (nSPS) is 9.64. The van der Waals surface area contributed by atoms with Crippen LogP contribution in [-0.4, -0.2) is 4.98 Å². The minimum absolute atomic E-state index is 0.891. The third kappa shape index (κ3) is 2.54. The van der Waals surface area contributed by atoms with Crippen molar-refractivity contribution in [3.05, 3.63) is 41.7 Å². The fourth-order valence-electron chi connectivity index (χ4n) is 1.00. The number of aromatic nitrogens is 1. The molecular weight excluding hydrogens is 134 g/mol. The smallest absolute Gasteiger partial charge is 0.0446 e. The second-order valence-corrected chi connectivity index (χ2v) is 2.96. The third-order valence-electron chi connectivity index (χ3n) is 1.45. The van der Waals surface area contributed by atoms with E-state index in [0.29, 0.717) is 0 Å². The highest BCUT2D eigenvalue weighted by Gasteiger charge is 1.93. The van der Waals surface area contributed by atoms with Gasteiger partial charge in [0.1, 0.15) is 0 Å². The first-order valence-corrected chi connectivity index (χ1v) is 3.74. The molecule has 0 unspecified atom stereocenters. The molecule has 0 aromatic carbocycles. The predicted molar refractivity (Wildman–Crippen MR) is 47.5 cm³/mol. The summed E-state index contributed by atoms with van der Waals surface area (Å²) < 4.78 is 0. The van der Waals surface area contributed by atoms with Gasteiger partial charge in [0.15, 0.2) is 0 Å². The molecule has 1 nitrogen and oxygen atoms in total. The summed E-state index contributed by atoms with van der Waals surface area (Å²) in [5.74, 6) is 0. The van der Waals surface area contributed by atoms with E-state index in [4.69, 9.17) is 0 Å². The Bertz CT molecular complexity index is 263. The number of rotatable bonds is 2. The van der Waals surface area contributed by atoms with Crippen molar-refractivity contribution in [2.75, 3.05) is 0 Å². The summed E-state index contributed by atoms with van der Waals surface area (Å²) in [7, 11) is 0. The SMILES string of the molecule is C=C(C)Cc1cc(C)ccn1. The van der Waals surface area contributed by atoms with Gasteiger partial charge in [-0.05, 0) is 31.5 Å². The standard InChI is InChI=1S/C10H13N/c1-8(2)6-10-7-9(3)4-5-11-10/h4-5,7H,1,6H2,2-3H3. The van der Waals surface area contributed by atoms with Crippen LogP contribution < -0.4 is 0 Å². The van der Waals surface area contributed by atoms with Crippen molar-refractivity contribution < 1.29 is 0 Å². The lowest BCUT2D eigenvalue weighted by Gasteiger charge is -1.99. The van der Waals surface area contributed by atoms with Gasteiger partial charge in [-0.3, -0.25) is 4.98 Å². The van der Waals surface area contributed by atoms with E-state index in [0.717, 1.165) is 17.7 Å². The lowest BCUT2D eigenvalue weighted by atomic mass is 10.1. The quantitative estimate of drug-likeness (QED) is 0.586. The van der Waals surface area contributed by atoms with Crippen molar-refractivity contribution in [1.29, 1.82) is 0 Å². The van der Waals surface area contributed by atoms with Crippen LogP contribution in [0.25, 0.3) is 0 Å². The van der Waals surface area contributed by atoms with Gasteiger partial charge in [0.2, 0.25) is 0 Å². The molecule has 0 aliphatic rings. The van der Waals surface area contributed by atoms with Crippen molar-refractivity contribution in [2.24, 2.45) is 0 Å². The highest BCUT2D eigenvalue weighted by atomic mass is 14.7. The van der Waals surface area contributed by atoms with Crippen molar-refractivity contribution in [3.8, 4) is 0 Å². The molecule has 0 spiro atoms. The molecule has 0 aliphatic heterocycles. The van der Waals surface area contributed by atoms with Gasteiger partial charge in [-0.15, -0.1) is 0 Å². The van der Waals surface area contributed by atoms with Gasteiger partial charge < -0.3 is 0 Å². The molecule has 1 rings (SSSR count). The van der Waals surface area contributed by atoms with Gasteiger partial charge in [-0.25, -0.2) is 0 Å². The van der Waals surface area contributed by atoms with Gasteiger partial charge in [0, 0.05) is 18.3 Å². The van der Waals surface area contributed by atoms with Gasteiger partial charge >= 0.3 is 0 Å². The number of allylic oxidation sites excluding steroid dienone is 1. The Hall–Kier alpha value is -1.11. The molecule has 11 heavy (non-hydrogen) atoms. The number of aryl methyl sites for hydroxylation is 1. The first kappa shape index (κ1) is 7.99. The predicted octanol–water partition coefficient (Wildman–Crippen LogP) is 2.51. The van der Waals surface area contributed by atoms with Crippen LogP contribution in [0.4, 0.5) is 0 Å². The minimum Gasteiger partial charge on any atom is -0.261 e. The fourth-order valence-corrected chi connectivity index (χ4v) is 1.00. The van der Waals surface area contributed by atoms with Crippen LogP contribution >= 0.6 is 0 Å². The van der Waals surface area contributed by atoms with Crippen LogP contribution in [0.15, 0.2) is 30.5 Å². The number of nitrogens with zero attached hydrogens (tertiary/aromatic N) is 1. The van der Waals surface area contributed by atoms with Crippen LogP contribution in [0.3, 0.4) is 0 Å². The van der Waals surface area contributed by atoms with Crippen LogP contribution in [0.1, 0.15) is 18.2 Å². The van der Waals surface area contributed by atoms with Gasteiger partial charge in [0.25, 0.3) is 0 Å². The molecule has 1 heterocycles. The minimum atomic E-state index is 0.891. The van der Waals surface area contributed by atoms with E-state index in [9.17, 15) is 0 Å². The lowest BCUT2D eigenvalue weighted by Crippen LogP contribution is -1.90. The Morgan fingerprint density at radius 1 is 1.64 bits per heavy atom. The average molecular weight is 147 g/mol. The zero-order chi connectivity index (χ0) is 8.27. The molecule has 0 saturated heterocycles. The Morgan fingerprint density at radius 2 is 2.36 bits per heavy atom. The zero-order valence-electron chi connectivity index (χ0n) is 7.09. The molecule has 58 valence electrons. The Balaban J connectivity index is 2.79. The summed E-state index contributed by atoms with van der Waals surface area (Å²) in [6.07, 6.45) is 2.73. The lowest BCUT2D eigenvalue weighted by molar-refractivity contribution is 1.04. The molecule has 0 aliphatic carbocycles. The molecule has 0 N–H and O–H groups in total. The van der Waals surface area contributed by atoms with Crippen LogP contribution in [0.5, 0.6) is 0 Å². The molecular formula is C10H13N. The van der Waals surface area contributed by atoms with E-state index in [1.807, 2.05) is 19.2 Å². The Labute approximate surface area is 67.8 Å². The second kappa shape index (κ2) is 3.33. The van der Waals surface area contributed by atoms with Crippen molar-refractivity contribution in [2.45, 2.75) is 20.3 Å². The molecule has 1 heteroatoms. The monoisotopic (exact) mass is 147 g/mol. The fraction of sp³-hybridized carbons (Fsp3) is 0.300. The van der Waals surface area contributed by atoms with E-state index < -0.39 is 0 Å². The average Bonchev–Trinajstić information content (AvgIpc) is 1.85. The molecule has 0 radical (unpaired) electrons. The van der Waals surface area contributed by atoms with Gasteiger partial charge in [-0.2, -0.15) is 0 Å². The van der Waals surface area contributed by atoms with Crippen molar-refractivity contribution in [1.82, 2.24) is 4.98 Å². The van der Waals surface area contributed by atoms with Crippen molar-refractivity contribution in [3.63, 3.8) is 0 Å². The molecule has 0 fully saturated rings. The number of hydrogen-bond acceptors (Lipinski definition) is 1. The van der Waals surface area contributed by atoms with Gasteiger partial charge in [0.05, 0.1) is 0 Å². The van der Waals surface area contributed by atoms with Crippen molar-refractivity contribution >= 4 is 0 Å². The first-order valence-electron chi connectivity index (χ1n) is 3.74. The molecule has 0 saturated carbocycles. The highest BCUT2D eigenvalue weighted by molar-refractivity contribution is 5.17. The molecule has 0 bridgehead atoms. The topological polar surface area (TPSA) is 12.9 Å². The Kier molecular flexibility index (Phi) is 2.42. The maximum Gasteiger partial charge on any atom is 0.0446 e. The molecule has 0 atom stereocenters. The summed E-state index contributed by atoms with van der Waals surface area (Å²) >= 11 is 0. The summed E-state index contributed by atoms with van der Waals surface area (Å²) in [5, 5.41) is 0. The molecule has 0 amide bonds.